The third-order valence-electron chi connectivity index (χ3n) is 2.85. The van der Waals surface area contributed by atoms with Crippen LogP contribution in [-0.2, 0) is 4.74 Å². The number of halogens is 1. The highest BCUT2D eigenvalue weighted by atomic mass is 79.9. The minimum absolute atomic E-state index is 0.186. The highest BCUT2D eigenvalue weighted by Crippen LogP contribution is 2.22. The van der Waals surface area contributed by atoms with Gasteiger partial charge in [-0.3, -0.25) is 9.89 Å². The second-order valence-electron chi connectivity index (χ2n) is 4.22. The maximum atomic E-state index is 12.0. The van der Waals surface area contributed by atoms with Gasteiger partial charge in [0.15, 0.2) is 12.3 Å². The van der Waals surface area contributed by atoms with Gasteiger partial charge in [-0.1, -0.05) is 18.2 Å². The summed E-state index contributed by atoms with van der Waals surface area (Å²) in [5.41, 5.74) is 0.934. The van der Waals surface area contributed by atoms with Crippen LogP contribution in [0.3, 0.4) is 0 Å². The number of hydrogen-bond acceptors (Lipinski definition) is 5. The molecule has 0 aliphatic heterocycles. The zero-order valence-electron chi connectivity index (χ0n) is 10.6. The second kappa shape index (κ2) is 5.79. The van der Waals surface area contributed by atoms with Gasteiger partial charge in [-0.25, -0.2) is 4.79 Å². The lowest BCUT2D eigenvalue weighted by Gasteiger charge is -2.01. The molecule has 0 atom stereocenters. The van der Waals surface area contributed by atoms with Crippen LogP contribution in [0.1, 0.15) is 20.2 Å². The van der Waals surface area contributed by atoms with Gasteiger partial charge in [0.1, 0.15) is 0 Å². The number of rotatable bonds is 4. The van der Waals surface area contributed by atoms with Crippen molar-refractivity contribution in [2.75, 3.05) is 6.61 Å². The summed E-state index contributed by atoms with van der Waals surface area (Å²) in [6.07, 6.45) is 0. The van der Waals surface area contributed by atoms with Crippen molar-refractivity contribution >= 4 is 49.9 Å². The molecule has 3 aromatic rings. The summed E-state index contributed by atoms with van der Waals surface area (Å²) in [6, 6.07) is 10.7. The zero-order chi connectivity index (χ0) is 14.8. The Balaban J connectivity index is 1.71. The highest BCUT2D eigenvalue weighted by Gasteiger charge is 2.17. The Bertz CT molecular complexity index is 824. The van der Waals surface area contributed by atoms with Crippen molar-refractivity contribution in [2.24, 2.45) is 0 Å². The van der Waals surface area contributed by atoms with Gasteiger partial charge in [-0.15, -0.1) is 11.3 Å². The van der Waals surface area contributed by atoms with Crippen molar-refractivity contribution in [3.63, 3.8) is 0 Å². The van der Waals surface area contributed by atoms with Gasteiger partial charge in [0.25, 0.3) is 0 Å². The number of nitrogens with zero attached hydrogens (tertiary/aromatic N) is 1. The van der Waals surface area contributed by atoms with E-state index in [1.165, 1.54) is 11.3 Å². The van der Waals surface area contributed by atoms with Crippen LogP contribution in [0, 0.1) is 0 Å². The number of benzene rings is 1. The average Bonchev–Trinajstić information content (AvgIpc) is 3.10. The van der Waals surface area contributed by atoms with E-state index in [2.05, 4.69) is 26.1 Å². The molecule has 2 heterocycles. The summed E-state index contributed by atoms with van der Waals surface area (Å²) in [4.78, 5) is 24.4. The maximum Gasteiger partial charge on any atom is 0.359 e. The molecule has 1 N–H and O–H groups in total. The van der Waals surface area contributed by atoms with Crippen LogP contribution < -0.4 is 0 Å². The molecule has 106 valence electrons. The molecule has 7 heteroatoms. The van der Waals surface area contributed by atoms with E-state index in [0.29, 0.717) is 10.3 Å². The van der Waals surface area contributed by atoms with E-state index in [-0.39, 0.29) is 18.1 Å². The van der Waals surface area contributed by atoms with Crippen molar-refractivity contribution < 1.29 is 14.3 Å². The van der Waals surface area contributed by atoms with Crippen LogP contribution in [0.2, 0.25) is 0 Å². The normalized spacial score (nSPS) is 10.7. The van der Waals surface area contributed by atoms with Crippen LogP contribution in [0.15, 0.2) is 40.2 Å². The van der Waals surface area contributed by atoms with Crippen LogP contribution in [0.5, 0.6) is 0 Å². The molecular formula is C14H9BrN2O3S. The molecule has 0 spiro atoms. The summed E-state index contributed by atoms with van der Waals surface area (Å²) < 4.78 is 5.90. The van der Waals surface area contributed by atoms with Gasteiger partial charge in [-0.2, -0.15) is 5.10 Å². The molecule has 0 saturated carbocycles. The number of carbonyl (C=O) groups is 2. The van der Waals surface area contributed by atoms with E-state index in [4.69, 9.17) is 4.74 Å². The number of ketones is 1. The SMILES string of the molecule is O=C(COC(=O)c1n[nH]c2ccccc12)c1ccc(Br)s1. The van der Waals surface area contributed by atoms with Crippen LogP contribution in [-0.4, -0.2) is 28.6 Å². The third kappa shape index (κ3) is 2.88. The van der Waals surface area contributed by atoms with Crippen molar-refractivity contribution in [2.45, 2.75) is 0 Å². The molecule has 5 nitrogen and oxygen atoms in total. The number of esters is 1. The lowest BCUT2D eigenvalue weighted by molar-refractivity contribution is 0.0472. The molecule has 21 heavy (non-hydrogen) atoms. The number of carbonyl (C=O) groups excluding carboxylic acids is 2. The topological polar surface area (TPSA) is 72.1 Å². The van der Waals surface area contributed by atoms with E-state index >= 15 is 0 Å². The second-order valence-corrected chi connectivity index (χ2v) is 6.68. The molecule has 3 rings (SSSR count). The number of H-pyrrole nitrogens is 1. The number of Topliss-reactive ketones (excluding diaryl/α,β-unsaturated/α-hetero) is 1. The molecule has 0 bridgehead atoms. The van der Waals surface area contributed by atoms with Crippen LogP contribution in [0.25, 0.3) is 10.9 Å². The molecule has 0 aliphatic carbocycles. The molecule has 0 fully saturated rings. The van der Waals surface area contributed by atoms with Crippen LogP contribution >= 0.6 is 27.3 Å². The fraction of sp³-hybridized carbons (Fsp3) is 0.0714. The average molecular weight is 365 g/mol. The summed E-state index contributed by atoms with van der Waals surface area (Å²) in [6.45, 7) is -0.299. The Labute approximate surface area is 132 Å². The van der Waals surface area contributed by atoms with Gasteiger partial charge in [0, 0.05) is 5.39 Å². The van der Waals surface area contributed by atoms with Gasteiger partial charge < -0.3 is 4.74 Å². The number of para-hydroxylation sites is 1. The molecule has 2 aromatic heterocycles. The summed E-state index contributed by atoms with van der Waals surface area (Å²) in [5.74, 6) is -0.852. The lowest BCUT2D eigenvalue weighted by atomic mass is 10.2. The molecule has 0 radical (unpaired) electrons. The fourth-order valence-corrected chi connectivity index (χ4v) is 3.16. The Morgan fingerprint density at radius 1 is 1.24 bits per heavy atom. The van der Waals surface area contributed by atoms with Crippen LogP contribution in [0.4, 0.5) is 0 Å². The summed E-state index contributed by atoms with van der Waals surface area (Å²) in [7, 11) is 0. The first-order chi connectivity index (χ1) is 10.1. The van der Waals surface area contributed by atoms with E-state index in [1.807, 2.05) is 18.2 Å². The first-order valence-corrected chi connectivity index (χ1v) is 7.65. The van der Waals surface area contributed by atoms with Gasteiger partial charge in [0.2, 0.25) is 5.78 Å². The number of nitrogens with one attached hydrogen (secondary N) is 1. The molecule has 0 aliphatic rings. The van der Waals surface area contributed by atoms with Crippen molar-refractivity contribution in [1.29, 1.82) is 0 Å². The maximum absolute atomic E-state index is 12.0. The minimum atomic E-state index is -0.614. The van der Waals surface area contributed by atoms with Gasteiger partial charge >= 0.3 is 5.97 Å². The summed E-state index contributed by atoms with van der Waals surface area (Å²) in [5, 5.41) is 7.36. The monoisotopic (exact) mass is 364 g/mol. The third-order valence-corrected chi connectivity index (χ3v) is 4.51. The molecule has 0 saturated heterocycles. The molecule has 0 unspecified atom stereocenters. The number of fused-ring (bicyclic) bond motifs is 1. The largest absolute Gasteiger partial charge is 0.452 e. The van der Waals surface area contributed by atoms with Crippen molar-refractivity contribution in [3.05, 3.63) is 50.8 Å². The first kappa shape index (κ1) is 14.0. The van der Waals surface area contributed by atoms with Crippen molar-refractivity contribution in [3.8, 4) is 0 Å². The summed E-state index contributed by atoms with van der Waals surface area (Å²) >= 11 is 4.59. The lowest BCUT2D eigenvalue weighted by Crippen LogP contribution is -2.14. The zero-order valence-corrected chi connectivity index (χ0v) is 13.0. The molecule has 0 amide bonds. The number of ether oxygens (including phenoxy) is 1. The Kier molecular flexibility index (Phi) is 3.85. The number of aromatic amines is 1. The van der Waals surface area contributed by atoms with E-state index in [0.717, 1.165) is 9.30 Å². The minimum Gasteiger partial charge on any atom is -0.452 e. The predicted molar refractivity (Wildman–Crippen MR) is 82.7 cm³/mol. The van der Waals surface area contributed by atoms with Gasteiger partial charge in [0.05, 0.1) is 14.2 Å². The van der Waals surface area contributed by atoms with E-state index in [1.54, 1.807) is 18.2 Å². The molecule has 1 aromatic carbocycles. The first-order valence-electron chi connectivity index (χ1n) is 6.04. The molecular weight excluding hydrogens is 356 g/mol. The predicted octanol–water partition coefficient (Wildman–Crippen LogP) is 3.43. The smallest absolute Gasteiger partial charge is 0.359 e. The Hall–Kier alpha value is -1.99. The Morgan fingerprint density at radius 3 is 2.81 bits per heavy atom. The fourth-order valence-electron chi connectivity index (χ4n) is 1.85. The Morgan fingerprint density at radius 2 is 2.05 bits per heavy atom. The number of aromatic nitrogens is 2. The van der Waals surface area contributed by atoms with E-state index in [9.17, 15) is 9.59 Å². The standard InChI is InChI=1S/C14H9BrN2O3S/c15-12-6-5-11(21-12)10(18)7-20-14(19)13-8-3-1-2-4-9(8)16-17-13/h1-6H,7H2,(H,16,17). The number of hydrogen-bond donors (Lipinski definition) is 1. The highest BCUT2D eigenvalue weighted by molar-refractivity contribution is 9.11. The van der Waals surface area contributed by atoms with Gasteiger partial charge in [-0.05, 0) is 34.1 Å². The van der Waals surface area contributed by atoms with E-state index < -0.39 is 5.97 Å². The number of thiophene rings is 1. The quantitative estimate of drug-likeness (QED) is 0.568. The van der Waals surface area contributed by atoms with Crippen molar-refractivity contribution in [1.82, 2.24) is 10.2 Å².